The lowest BCUT2D eigenvalue weighted by molar-refractivity contribution is -0.146. The van der Waals surface area contributed by atoms with E-state index < -0.39 is 69.7 Å². The Bertz CT molecular complexity index is 1290. The zero-order valence-corrected chi connectivity index (χ0v) is 28.5. The monoisotopic (exact) mass is 708 g/mol. The molecule has 1 aromatic rings. The first-order valence-electron chi connectivity index (χ1n) is 13.7. The van der Waals surface area contributed by atoms with Crippen LogP contribution < -0.4 is 0 Å². The molecule has 16 heteroatoms. The summed E-state index contributed by atoms with van der Waals surface area (Å²) >= 11 is 3.23. The van der Waals surface area contributed by atoms with Gasteiger partial charge < -0.3 is 24.1 Å². The summed E-state index contributed by atoms with van der Waals surface area (Å²) in [5.41, 5.74) is -1.40. The topological polar surface area (TPSA) is 175 Å². The van der Waals surface area contributed by atoms with Crippen LogP contribution in [0.4, 0.5) is 9.59 Å². The second-order valence-corrected chi connectivity index (χ2v) is 14.6. The van der Waals surface area contributed by atoms with Gasteiger partial charge in [-0.3, -0.25) is 14.0 Å². The zero-order valence-electron chi connectivity index (χ0n) is 26.1. The summed E-state index contributed by atoms with van der Waals surface area (Å²) in [5.74, 6) is -1.19. The number of benzene rings is 1. The van der Waals surface area contributed by atoms with Crippen molar-refractivity contribution < 1.29 is 55.8 Å². The summed E-state index contributed by atoms with van der Waals surface area (Å²) in [6.07, 6.45) is -2.77. The van der Waals surface area contributed by atoms with Crippen LogP contribution in [-0.4, -0.2) is 110 Å². The van der Waals surface area contributed by atoms with Gasteiger partial charge in [-0.15, -0.1) is 0 Å². The quantitative estimate of drug-likeness (QED) is 0.269. The molecule has 2 heterocycles. The molecule has 4 atom stereocenters. The van der Waals surface area contributed by atoms with Crippen molar-refractivity contribution in [2.45, 2.75) is 94.8 Å². The van der Waals surface area contributed by atoms with Crippen molar-refractivity contribution in [2.75, 3.05) is 27.3 Å². The highest BCUT2D eigenvalue weighted by atomic mass is 79.9. The predicted octanol–water partition coefficient (Wildman–Crippen LogP) is 3.24. The van der Waals surface area contributed by atoms with Crippen LogP contribution >= 0.6 is 15.9 Å². The van der Waals surface area contributed by atoms with Gasteiger partial charge in [0.05, 0.1) is 44.4 Å². The molecule has 2 fully saturated rings. The van der Waals surface area contributed by atoms with E-state index in [-0.39, 0.29) is 30.8 Å². The third kappa shape index (κ3) is 10.9. The van der Waals surface area contributed by atoms with E-state index in [2.05, 4.69) is 20.7 Å². The molecule has 2 amide bonds. The first kappa shape index (κ1) is 37.2. The van der Waals surface area contributed by atoms with Crippen molar-refractivity contribution in [1.82, 2.24) is 9.80 Å². The highest BCUT2D eigenvalue weighted by molar-refractivity contribution is 9.10. The average molecular weight is 710 g/mol. The summed E-state index contributed by atoms with van der Waals surface area (Å²) in [6, 6.07) is 4.22. The lowest BCUT2D eigenvalue weighted by Gasteiger charge is -2.27. The molecule has 248 valence electrons. The number of halogens is 1. The van der Waals surface area contributed by atoms with Crippen molar-refractivity contribution in [3.63, 3.8) is 0 Å². The Hall–Kier alpha value is -2.95. The second-order valence-electron chi connectivity index (χ2n) is 12.1. The fourth-order valence-electron chi connectivity index (χ4n) is 4.28. The maximum absolute atomic E-state index is 12.5. The maximum Gasteiger partial charge on any atom is 0.411 e. The van der Waals surface area contributed by atoms with E-state index >= 15 is 0 Å². The van der Waals surface area contributed by atoms with E-state index in [1.54, 1.807) is 53.7 Å². The Morgan fingerprint density at radius 1 is 0.795 bits per heavy atom. The normalized spacial score (nSPS) is 22.0. The van der Waals surface area contributed by atoms with Crippen LogP contribution in [0.2, 0.25) is 0 Å². The van der Waals surface area contributed by atoms with E-state index in [4.69, 9.17) is 18.4 Å². The zero-order chi connectivity index (χ0) is 33.6. The number of methoxy groups -OCH3 is 2. The number of carbonyl (C=O) groups is 4. The van der Waals surface area contributed by atoms with Crippen LogP contribution in [0.25, 0.3) is 0 Å². The molecule has 14 nitrogen and oxygen atoms in total. The molecule has 0 radical (unpaired) electrons. The predicted molar refractivity (Wildman–Crippen MR) is 159 cm³/mol. The number of rotatable bonds is 5. The van der Waals surface area contributed by atoms with Gasteiger partial charge >= 0.3 is 24.1 Å². The molecule has 0 aliphatic carbocycles. The fourth-order valence-corrected chi connectivity index (χ4v) is 5.62. The van der Waals surface area contributed by atoms with Gasteiger partial charge in [0.15, 0.2) is 0 Å². The Morgan fingerprint density at radius 2 is 1.23 bits per heavy atom. The summed E-state index contributed by atoms with van der Waals surface area (Å²) in [6.45, 7) is 10.3. The van der Waals surface area contributed by atoms with Crippen LogP contribution in [0.1, 0.15) is 54.4 Å². The molecule has 0 aromatic heterocycles. The van der Waals surface area contributed by atoms with Gasteiger partial charge in [0.2, 0.25) is 0 Å². The largest absolute Gasteiger partial charge is 0.467 e. The SMILES string of the molecule is COC(=O)[C@@H]1C[C@H](O)CN1C(=O)OC(C)(C)C.COC(=O)[C@@H]1C[C@H](OS(=O)(=O)c2ccc(Br)cc2)CN1C(=O)OC(C)(C)C. The molecule has 2 aliphatic rings. The Labute approximate surface area is 266 Å². The summed E-state index contributed by atoms with van der Waals surface area (Å²) < 4.78 is 50.7. The number of aliphatic hydroxyl groups excluding tert-OH is 1. The van der Waals surface area contributed by atoms with Crippen LogP contribution in [0.15, 0.2) is 33.6 Å². The summed E-state index contributed by atoms with van der Waals surface area (Å²) in [7, 11) is -1.61. The molecule has 0 unspecified atom stereocenters. The van der Waals surface area contributed by atoms with Crippen LogP contribution in [-0.2, 0) is 42.8 Å². The third-order valence-electron chi connectivity index (χ3n) is 6.11. The molecule has 0 saturated carbocycles. The van der Waals surface area contributed by atoms with Gasteiger partial charge in [-0.1, -0.05) is 15.9 Å². The number of carbonyl (C=O) groups excluding carboxylic acids is 4. The van der Waals surface area contributed by atoms with Crippen molar-refractivity contribution in [3.8, 4) is 0 Å². The van der Waals surface area contributed by atoms with E-state index in [9.17, 15) is 32.7 Å². The number of ether oxygens (including phenoxy) is 4. The first-order chi connectivity index (χ1) is 20.2. The minimum atomic E-state index is -4.05. The molecule has 44 heavy (non-hydrogen) atoms. The molecule has 0 bridgehead atoms. The molecular formula is C28H41BrN2O12S. The molecule has 0 spiro atoms. The van der Waals surface area contributed by atoms with Gasteiger partial charge in [-0.2, -0.15) is 8.42 Å². The summed E-state index contributed by atoms with van der Waals surface area (Å²) in [4.78, 5) is 50.0. The number of hydrogen-bond acceptors (Lipinski definition) is 12. The van der Waals surface area contributed by atoms with Crippen molar-refractivity contribution >= 4 is 50.2 Å². The smallest absolute Gasteiger partial charge is 0.411 e. The average Bonchev–Trinajstić information content (AvgIpc) is 3.50. The van der Waals surface area contributed by atoms with Crippen molar-refractivity contribution in [1.29, 1.82) is 0 Å². The minimum Gasteiger partial charge on any atom is -0.467 e. The van der Waals surface area contributed by atoms with E-state index in [1.807, 2.05) is 0 Å². The number of nitrogens with zero attached hydrogens (tertiary/aromatic N) is 2. The third-order valence-corrected chi connectivity index (χ3v) is 8.01. The molecule has 2 saturated heterocycles. The van der Waals surface area contributed by atoms with E-state index in [0.29, 0.717) is 0 Å². The number of likely N-dealkylation sites (tertiary alicyclic amines) is 2. The van der Waals surface area contributed by atoms with Crippen molar-refractivity contribution in [3.05, 3.63) is 28.7 Å². The Morgan fingerprint density at radius 3 is 1.66 bits per heavy atom. The number of amides is 2. The molecule has 1 N–H and O–H groups in total. The Balaban J connectivity index is 0.000000342. The van der Waals surface area contributed by atoms with Crippen LogP contribution in [0.5, 0.6) is 0 Å². The van der Waals surface area contributed by atoms with Gasteiger partial charge in [0, 0.05) is 17.3 Å². The highest BCUT2D eigenvalue weighted by Crippen LogP contribution is 2.28. The molecular weight excluding hydrogens is 668 g/mol. The standard InChI is InChI=1S/C17H22BrNO7S.C11H19NO5/c1-17(2,3)25-16(21)19-10-12(9-14(19)15(20)24-4)26-27(22,23)13-7-5-11(18)6-8-13;1-11(2,3)17-10(15)12-6-7(13)5-8(12)9(14)16-4/h5-8,12,14H,9-10H2,1-4H3;7-8,13H,5-6H2,1-4H3/t12-,14-;7-,8-/m00/s1. The second kappa shape index (κ2) is 14.9. The number of β-amino-alcohol motifs (C(OH)–C–C–N with tert-alkyl or cyclic N) is 1. The van der Waals surface area contributed by atoms with Gasteiger partial charge in [-0.25, -0.2) is 19.2 Å². The lowest BCUT2D eigenvalue weighted by Crippen LogP contribution is -2.44. The minimum absolute atomic E-state index is 0.0122. The maximum atomic E-state index is 12.5. The Kier molecular flexibility index (Phi) is 12.6. The molecule has 1 aromatic carbocycles. The van der Waals surface area contributed by atoms with Gasteiger partial charge in [-0.05, 0) is 65.8 Å². The lowest BCUT2D eigenvalue weighted by atomic mass is 10.2. The van der Waals surface area contributed by atoms with E-state index in [0.717, 1.165) is 9.37 Å². The van der Waals surface area contributed by atoms with Crippen LogP contribution in [0, 0.1) is 0 Å². The summed E-state index contributed by atoms with van der Waals surface area (Å²) in [5, 5.41) is 9.50. The number of esters is 2. The molecule has 3 rings (SSSR count). The van der Waals surface area contributed by atoms with Gasteiger partial charge in [0.25, 0.3) is 10.1 Å². The highest BCUT2D eigenvalue weighted by Gasteiger charge is 2.44. The fraction of sp³-hybridized carbons (Fsp3) is 0.643. The first-order valence-corrected chi connectivity index (χ1v) is 15.9. The number of hydrogen-bond donors (Lipinski definition) is 1. The number of aliphatic hydroxyl groups is 1. The van der Waals surface area contributed by atoms with E-state index in [1.165, 1.54) is 31.3 Å². The van der Waals surface area contributed by atoms with Crippen LogP contribution in [0.3, 0.4) is 0 Å². The molecule has 2 aliphatic heterocycles. The van der Waals surface area contributed by atoms with Gasteiger partial charge in [0.1, 0.15) is 23.3 Å². The van der Waals surface area contributed by atoms with Crippen molar-refractivity contribution in [2.24, 2.45) is 0 Å².